The first-order valence-electron chi connectivity index (χ1n) is 14.7. The summed E-state index contributed by atoms with van der Waals surface area (Å²) in [5.74, 6) is -0.763. The Hall–Kier alpha value is -6.10. The fourth-order valence-corrected chi connectivity index (χ4v) is 5.71. The van der Waals surface area contributed by atoms with Gasteiger partial charge in [0.1, 0.15) is 28.7 Å². The van der Waals surface area contributed by atoms with E-state index >= 15 is 0 Å². The lowest BCUT2D eigenvalue weighted by molar-refractivity contribution is -0.119. The molecule has 0 aliphatic heterocycles. The zero-order valence-electron chi connectivity index (χ0n) is 25.1. The summed E-state index contributed by atoms with van der Waals surface area (Å²) in [4.78, 5) is 46.8. The van der Waals surface area contributed by atoms with Crippen molar-refractivity contribution in [1.82, 2.24) is 15.3 Å². The Morgan fingerprint density at radius 2 is 1.81 bits per heavy atom. The first-order chi connectivity index (χ1) is 22.8. The van der Waals surface area contributed by atoms with Gasteiger partial charge in [-0.1, -0.05) is 12.1 Å². The van der Waals surface area contributed by atoms with Crippen LogP contribution in [-0.2, 0) is 10.3 Å². The number of furan rings is 1. The lowest BCUT2D eigenvalue weighted by Gasteiger charge is -2.20. The van der Waals surface area contributed by atoms with Crippen molar-refractivity contribution in [2.45, 2.75) is 18.4 Å². The molecule has 0 spiro atoms. The molecule has 3 aromatic heterocycles. The number of rotatable bonds is 10. The van der Waals surface area contributed by atoms with Crippen molar-refractivity contribution in [3.63, 3.8) is 0 Å². The fourth-order valence-electron chi connectivity index (χ4n) is 5.71. The smallest absolute Gasteiger partial charge is 0.255 e. The predicted octanol–water partition coefficient (Wildman–Crippen LogP) is 5.95. The molecule has 0 atom stereocenters. The van der Waals surface area contributed by atoms with Crippen LogP contribution in [0.4, 0.5) is 4.39 Å². The Labute approximate surface area is 267 Å². The van der Waals surface area contributed by atoms with Crippen LogP contribution in [0.1, 0.15) is 39.3 Å². The number of halogens is 1. The first kappa shape index (κ1) is 29.6. The minimum absolute atomic E-state index is 0.216. The Morgan fingerprint density at radius 1 is 1.02 bits per heavy atom. The van der Waals surface area contributed by atoms with E-state index in [-0.39, 0.29) is 22.6 Å². The molecule has 3 heterocycles. The number of pyridine rings is 2. The Kier molecular flexibility index (Phi) is 7.36. The van der Waals surface area contributed by atoms with Crippen LogP contribution in [0.3, 0.4) is 0 Å². The van der Waals surface area contributed by atoms with E-state index in [1.807, 2.05) is 18.2 Å². The molecule has 2 amide bonds. The molecule has 0 radical (unpaired) electrons. The topological polar surface area (TPSA) is 147 Å². The quantitative estimate of drug-likeness (QED) is 0.177. The van der Waals surface area contributed by atoms with Gasteiger partial charge in [-0.25, -0.2) is 9.37 Å². The van der Waals surface area contributed by atoms with Gasteiger partial charge < -0.3 is 24.9 Å². The molecule has 0 bridgehead atoms. The maximum Gasteiger partial charge on any atom is 0.255 e. The molecule has 1 aliphatic rings. The molecule has 0 unspecified atom stereocenters. The number of nitrogens with zero attached hydrogens (tertiary/aromatic N) is 2. The number of aldehydes is 1. The van der Waals surface area contributed by atoms with Gasteiger partial charge in [0.2, 0.25) is 0 Å². The molecule has 234 valence electrons. The molecule has 11 heteroatoms. The predicted molar refractivity (Wildman–Crippen MR) is 172 cm³/mol. The molecule has 47 heavy (non-hydrogen) atoms. The van der Waals surface area contributed by atoms with Gasteiger partial charge in [0.15, 0.2) is 12.9 Å². The van der Waals surface area contributed by atoms with E-state index in [1.54, 1.807) is 36.7 Å². The van der Waals surface area contributed by atoms with Gasteiger partial charge in [-0.3, -0.25) is 19.4 Å². The van der Waals surface area contributed by atoms with Gasteiger partial charge in [0.05, 0.1) is 41.2 Å². The highest BCUT2D eigenvalue weighted by atomic mass is 19.1. The highest BCUT2D eigenvalue weighted by Crippen LogP contribution is 2.46. The molecule has 1 fully saturated rings. The third kappa shape index (κ3) is 5.52. The number of benzene rings is 3. The molecular weight excluding hydrogens is 603 g/mol. The van der Waals surface area contributed by atoms with Crippen molar-refractivity contribution in [3.8, 4) is 33.9 Å². The number of hydrogen-bond donors (Lipinski definition) is 2. The normalized spacial score (nSPS) is 13.3. The summed E-state index contributed by atoms with van der Waals surface area (Å²) in [5.41, 5.74) is 8.65. The lowest BCUT2D eigenvalue weighted by Crippen LogP contribution is -2.35. The number of aromatic nitrogens is 2. The fraction of sp³-hybridized carbons (Fsp3) is 0.139. The summed E-state index contributed by atoms with van der Waals surface area (Å²) in [6, 6.07) is 19.7. The second-order valence-electron chi connectivity index (χ2n) is 11.3. The Morgan fingerprint density at radius 3 is 2.53 bits per heavy atom. The third-order valence-corrected chi connectivity index (χ3v) is 8.27. The van der Waals surface area contributed by atoms with Crippen LogP contribution < -0.4 is 20.5 Å². The first-order valence-corrected chi connectivity index (χ1v) is 14.7. The van der Waals surface area contributed by atoms with Gasteiger partial charge in [0, 0.05) is 34.2 Å². The molecule has 3 N–H and O–H groups in total. The standard InChI is InChI=1S/C36H27FN4O6/c1-45-30-16-31(46-19-33(38)43)24(22-4-8-29-25(14-22)27(18-42)34(47-29)21-2-6-23(37)7-3-21)15-26(30)35(44)41-36(11-12-36)32-9-5-20-10-13-39-17-28(20)40-32/h2-10,13-18H,11-12,19H2,1H3,(H2,38,43)(H,41,44). The van der Waals surface area contributed by atoms with Crippen molar-refractivity contribution in [2.24, 2.45) is 5.73 Å². The Balaban J connectivity index is 1.30. The number of carbonyl (C=O) groups excluding carboxylic acids is 3. The number of fused-ring (bicyclic) bond motifs is 2. The van der Waals surface area contributed by atoms with E-state index in [4.69, 9.17) is 24.6 Å². The van der Waals surface area contributed by atoms with Crippen LogP contribution in [-0.4, -0.2) is 41.8 Å². The van der Waals surface area contributed by atoms with E-state index in [9.17, 15) is 18.8 Å². The number of nitrogens with two attached hydrogens (primary N) is 1. The average molecular weight is 631 g/mol. The summed E-state index contributed by atoms with van der Waals surface area (Å²) in [6.45, 7) is -0.421. The van der Waals surface area contributed by atoms with E-state index in [2.05, 4.69) is 10.3 Å². The number of carbonyl (C=O) groups is 3. The number of nitrogens with one attached hydrogen (secondary N) is 1. The summed E-state index contributed by atoms with van der Waals surface area (Å²) in [6.07, 6.45) is 5.47. The minimum atomic E-state index is -0.692. The average Bonchev–Trinajstić information content (AvgIpc) is 3.78. The molecule has 7 rings (SSSR count). The summed E-state index contributed by atoms with van der Waals surface area (Å²) >= 11 is 0. The van der Waals surface area contributed by atoms with E-state index in [0.717, 1.165) is 16.6 Å². The zero-order valence-corrected chi connectivity index (χ0v) is 25.1. The van der Waals surface area contributed by atoms with Gasteiger partial charge in [-0.15, -0.1) is 0 Å². The molecular formula is C36H27FN4O6. The molecule has 0 saturated heterocycles. The van der Waals surface area contributed by atoms with Crippen molar-refractivity contribution in [3.05, 3.63) is 108 Å². The number of hydrogen-bond acceptors (Lipinski definition) is 8. The van der Waals surface area contributed by atoms with Crippen LogP contribution in [0.5, 0.6) is 11.5 Å². The highest BCUT2D eigenvalue weighted by molar-refractivity contribution is 6.05. The van der Waals surface area contributed by atoms with Crippen LogP contribution in [0.25, 0.3) is 44.3 Å². The van der Waals surface area contributed by atoms with Crippen LogP contribution in [0, 0.1) is 5.82 Å². The number of amides is 2. The molecule has 1 saturated carbocycles. The van der Waals surface area contributed by atoms with Crippen molar-refractivity contribution in [2.75, 3.05) is 13.7 Å². The van der Waals surface area contributed by atoms with Gasteiger partial charge in [0.25, 0.3) is 11.8 Å². The molecule has 1 aliphatic carbocycles. The van der Waals surface area contributed by atoms with Crippen LogP contribution >= 0.6 is 0 Å². The SMILES string of the molecule is COc1cc(OCC(N)=O)c(-c2ccc3oc(-c4ccc(F)cc4)c(C=O)c3c2)cc1C(=O)NC1(c2ccc3ccncc3n2)CC1. The number of methoxy groups -OCH3 is 1. The van der Waals surface area contributed by atoms with Gasteiger partial charge in [-0.05, 0) is 73.0 Å². The van der Waals surface area contributed by atoms with E-state index in [0.29, 0.717) is 52.5 Å². The second kappa shape index (κ2) is 11.7. The maximum absolute atomic E-state index is 13.9. The largest absolute Gasteiger partial charge is 0.496 e. The van der Waals surface area contributed by atoms with Crippen LogP contribution in [0.2, 0.25) is 0 Å². The molecule has 3 aromatic carbocycles. The molecule has 10 nitrogen and oxygen atoms in total. The zero-order chi connectivity index (χ0) is 32.7. The lowest BCUT2D eigenvalue weighted by atomic mass is 9.97. The number of primary amides is 1. The van der Waals surface area contributed by atoms with Crippen molar-refractivity contribution < 1.29 is 32.7 Å². The van der Waals surface area contributed by atoms with Gasteiger partial charge in [-0.2, -0.15) is 0 Å². The monoisotopic (exact) mass is 630 g/mol. The molecule has 6 aromatic rings. The van der Waals surface area contributed by atoms with E-state index in [1.165, 1.54) is 37.4 Å². The maximum atomic E-state index is 13.9. The summed E-state index contributed by atoms with van der Waals surface area (Å²) < 4.78 is 31.0. The minimum Gasteiger partial charge on any atom is -0.496 e. The van der Waals surface area contributed by atoms with Crippen molar-refractivity contribution >= 4 is 40.0 Å². The van der Waals surface area contributed by atoms with Gasteiger partial charge >= 0.3 is 0 Å². The van der Waals surface area contributed by atoms with Crippen LogP contribution in [0.15, 0.2) is 89.6 Å². The highest BCUT2D eigenvalue weighted by Gasteiger charge is 2.47. The number of ether oxygens (including phenoxy) is 2. The Bertz CT molecular complexity index is 2210. The summed E-state index contributed by atoms with van der Waals surface area (Å²) in [7, 11) is 1.43. The van der Waals surface area contributed by atoms with E-state index < -0.39 is 29.8 Å². The summed E-state index contributed by atoms with van der Waals surface area (Å²) in [5, 5.41) is 4.60. The second-order valence-corrected chi connectivity index (χ2v) is 11.3. The van der Waals surface area contributed by atoms with Crippen molar-refractivity contribution in [1.29, 1.82) is 0 Å². The third-order valence-electron chi connectivity index (χ3n) is 8.27.